The van der Waals surface area contributed by atoms with Gasteiger partial charge in [-0.2, -0.15) is 0 Å². The molecule has 5 nitrogen and oxygen atoms in total. The predicted octanol–water partition coefficient (Wildman–Crippen LogP) is 5.19. The number of benzene rings is 1. The summed E-state index contributed by atoms with van der Waals surface area (Å²) in [5.74, 6) is 0.611. The summed E-state index contributed by atoms with van der Waals surface area (Å²) >= 11 is 0. The summed E-state index contributed by atoms with van der Waals surface area (Å²) in [5, 5.41) is 6.73. The minimum Gasteiger partial charge on any atom is -0.355 e. The Bertz CT molecular complexity index is 1180. The zero-order valence-electron chi connectivity index (χ0n) is 18.7. The van der Waals surface area contributed by atoms with Gasteiger partial charge in [0.1, 0.15) is 0 Å². The Labute approximate surface area is 189 Å². The number of hydrogen-bond acceptors (Lipinski definition) is 4. The number of allylic oxidation sites excluding steroid dienone is 1. The van der Waals surface area contributed by atoms with Crippen LogP contribution >= 0.6 is 0 Å². The Morgan fingerprint density at radius 2 is 1.91 bits per heavy atom. The van der Waals surface area contributed by atoms with E-state index in [2.05, 4.69) is 51.4 Å². The van der Waals surface area contributed by atoms with Crippen molar-refractivity contribution in [1.29, 1.82) is 0 Å². The van der Waals surface area contributed by atoms with Gasteiger partial charge < -0.3 is 15.6 Å². The molecule has 0 saturated carbocycles. The van der Waals surface area contributed by atoms with E-state index in [1.165, 1.54) is 18.4 Å². The minimum absolute atomic E-state index is 0.174. The van der Waals surface area contributed by atoms with Crippen LogP contribution < -0.4 is 16.2 Å². The number of H-pyrrole nitrogens is 1. The van der Waals surface area contributed by atoms with Crippen LogP contribution in [-0.4, -0.2) is 23.1 Å². The molecular formula is C27H30N4O. The maximum absolute atomic E-state index is 12.7. The highest BCUT2D eigenvalue weighted by molar-refractivity contribution is 5.86. The number of aromatic amines is 1. The lowest BCUT2D eigenvalue weighted by Crippen LogP contribution is -2.26. The molecule has 0 spiro atoms. The van der Waals surface area contributed by atoms with Crippen LogP contribution in [0.25, 0.3) is 17.3 Å². The molecule has 32 heavy (non-hydrogen) atoms. The maximum Gasteiger partial charge on any atom is 0.257 e. The number of pyridine rings is 2. The second-order valence-corrected chi connectivity index (χ2v) is 8.43. The third kappa shape index (κ3) is 5.06. The van der Waals surface area contributed by atoms with Gasteiger partial charge in [-0.05, 0) is 104 Å². The fourth-order valence-corrected chi connectivity index (χ4v) is 4.21. The Morgan fingerprint density at radius 1 is 1.16 bits per heavy atom. The number of aryl methyl sites for hydroxylation is 1. The number of rotatable bonds is 6. The number of aromatic nitrogens is 2. The molecule has 5 heteroatoms. The summed E-state index contributed by atoms with van der Waals surface area (Å²) in [6.45, 7) is 10.4. The van der Waals surface area contributed by atoms with E-state index < -0.39 is 0 Å². The van der Waals surface area contributed by atoms with E-state index in [0.717, 1.165) is 41.2 Å². The summed E-state index contributed by atoms with van der Waals surface area (Å²) in [5.41, 5.74) is 7.04. The lowest BCUT2D eigenvalue weighted by Gasteiger charge is -2.23. The van der Waals surface area contributed by atoms with Gasteiger partial charge in [-0.25, -0.2) is 0 Å². The highest BCUT2D eigenvalue weighted by Gasteiger charge is 2.15. The van der Waals surface area contributed by atoms with E-state index in [4.69, 9.17) is 0 Å². The van der Waals surface area contributed by atoms with Crippen molar-refractivity contribution >= 4 is 23.0 Å². The van der Waals surface area contributed by atoms with Gasteiger partial charge in [0, 0.05) is 23.8 Å². The molecule has 2 aromatic heterocycles. The van der Waals surface area contributed by atoms with Crippen molar-refractivity contribution in [3.63, 3.8) is 0 Å². The molecule has 4 rings (SSSR count). The highest BCUT2D eigenvalue weighted by atomic mass is 16.1. The van der Waals surface area contributed by atoms with Crippen molar-refractivity contribution in [3.05, 3.63) is 99.7 Å². The molecule has 164 valence electrons. The fourth-order valence-electron chi connectivity index (χ4n) is 4.21. The Hall–Kier alpha value is -3.44. The van der Waals surface area contributed by atoms with Crippen molar-refractivity contribution in [2.24, 2.45) is 0 Å². The zero-order valence-corrected chi connectivity index (χ0v) is 18.7. The molecule has 3 aromatic rings. The lowest BCUT2D eigenvalue weighted by molar-refractivity contribution is 0.460. The fraction of sp³-hybridized carbons (Fsp3) is 0.259. The van der Waals surface area contributed by atoms with Crippen LogP contribution in [0.5, 0.6) is 0 Å². The van der Waals surface area contributed by atoms with Gasteiger partial charge in [0.2, 0.25) is 0 Å². The summed E-state index contributed by atoms with van der Waals surface area (Å²) in [6, 6.07) is 14.4. The molecule has 1 aliphatic heterocycles. The van der Waals surface area contributed by atoms with Crippen molar-refractivity contribution < 1.29 is 0 Å². The largest absolute Gasteiger partial charge is 0.355 e. The topological polar surface area (TPSA) is 69.8 Å². The van der Waals surface area contributed by atoms with Gasteiger partial charge in [0.15, 0.2) is 0 Å². The van der Waals surface area contributed by atoms with Crippen molar-refractivity contribution in [2.75, 3.05) is 18.4 Å². The summed E-state index contributed by atoms with van der Waals surface area (Å²) in [6.07, 6.45) is 7.79. The number of piperidine rings is 1. The monoisotopic (exact) mass is 426 g/mol. The molecule has 0 bridgehead atoms. The number of anilines is 1. The second kappa shape index (κ2) is 9.79. The van der Waals surface area contributed by atoms with Gasteiger partial charge in [-0.1, -0.05) is 18.7 Å². The molecule has 0 aliphatic carbocycles. The van der Waals surface area contributed by atoms with E-state index in [9.17, 15) is 4.79 Å². The molecule has 0 unspecified atom stereocenters. The molecule has 1 aliphatic rings. The van der Waals surface area contributed by atoms with Crippen molar-refractivity contribution in [1.82, 2.24) is 15.3 Å². The number of hydrogen-bond donors (Lipinski definition) is 3. The third-order valence-corrected chi connectivity index (χ3v) is 6.00. The Kier molecular flexibility index (Phi) is 6.66. The molecular weight excluding hydrogens is 396 g/mol. The van der Waals surface area contributed by atoms with Crippen LogP contribution in [0.2, 0.25) is 0 Å². The van der Waals surface area contributed by atoms with E-state index in [-0.39, 0.29) is 5.56 Å². The predicted molar refractivity (Wildman–Crippen MR) is 134 cm³/mol. The average Bonchev–Trinajstić information content (AvgIpc) is 2.80. The molecule has 1 aromatic carbocycles. The molecule has 3 heterocycles. The maximum atomic E-state index is 12.7. The molecule has 0 amide bonds. The molecule has 1 saturated heterocycles. The van der Waals surface area contributed by atoms with Gasteiger partial charge >= 0.3 is 0 Å². The first kappa shape index (κ1) is 21.8. The van der Waals surface area contributed by atoms with Gasteiger partial charge in [0.25, 0.3) is 5.56 Å². The first-order valence-electron chi connectivity index (χ1n) is 11.1. The normalized spacial score (nSPS) is 14.9. The SMILES string of the molecule is C=C(Nc1ccc(C2CCNCC2)cc1)c1c(/C=C(\C)c2cc(C)ccn2)cc[nH]c1=O. The quantitative estimate of drug-likeness (QED) is 0.507. The molecule has 1 fully saturated rings. The van der Waals surface area contributed by atoms with Crippen LogP contribution in [-0.2, 0) is 0 Å². The summed E-state index contributed by atoms with van der Waals surface area (Å²) < 4.78 is 0. The van der Waals surface area contributed by atoms with E-state index >= 15 is 0 Å². The number of nitrogens with zero attached hydrogens (tertiary/aromatic N) is 1. The van der Waals surface area contributed by atoms with Crippen LogP contribution in [0.4, 0.5) is 5.69 Å². The van der Waals surface area contributed by atoms with Crippen molar-refractivity contribution in [3.8, 4) is 0 Å². The zero-order chi connectivity index (χ0) is 22.5. The van der Waals surface area contributed by atoms with E-state index in [1.54, 1.807) is 12.4 Å². The molecule has 0 atom stereocenters. The Morgan fingerprint density at radius 3 is 2.62 bits per heavy atom. The first-order valence-corrected chi connectivity index (χ1v) is 11.1. The summed E-state index contributed by atoms with van der Waals surface area (Å²) in [7, 11) is 0. The summed E-state index contributed by atoms with van der Waals surface area (Å²) in [4.78, 5) is 19.9. The minimum atomic E-state index is -0.174. The highest BCUT2D eigenvalue weighted by Crippen LogP contribution is 2.27. The smallest absolute Gasteiger partial charge is 0.257 e. The van der Waals surface area contributed by atoms with Gasteiger partial charge in [-0.15, -0.1) is 0 Å². The van der Waals surface area contributed by atoms with Crippen LogP contribution in [0.15, 0.2) is 66.2 Å². The van der Waals surface area contributed by atoms with E-state index in [0.29, 0.717) is 17.2 Å². The molecule has 3 N–H and O–H groups in total. The standard InChI is InChI=1S/C27H30N4O/c1-18-8-14-29-25(16-18)19(2)17-23-11-15-30-27(32)26(23)20(3)31-24-6-4-21(5-7-24)22-9-12-28-13-10-22/h4-8,11,14-17,22,28,31H,3,9-10,12-13H2,1-2H3,(H,30,32)/b19-17+. The van der Waals surface area contributed by atoms with Crippen LogP contribution in [0.3, 0.4) is 0 Å². The van der Waals surface area contributed by atoms with E-state index in [1.807, 2.05) is 38.1 Å². The Balaban J connectivity index is 1.56. The average molecular weight is 427 g/mol. The lowest BCUT2D eigenvalue weighted by atomic mass is 9.90. The van der Waals surface area contributed by atoms with Crippen LogP contribution in [0.1, 0.15) is 53.6 Å². The number of nitrogens with one attached hydrogen (secondary N) is 3. The van der Waals surface area contributed by atoms with Crippen LogP contribution in [0, 0.1) is 6.92 Å². The molecule has 0 radical (unpaired) electrons. The second-order valence-electron chi connectivity index (χ2n) is 8.43. The van der Waals surface area contributed by atoms with Gasteiger partial charge in [0.05, 0.1) is 11.3 Å². The third-order valence-electron chi connectivity index (χ3n) is 6.00. The van der Waals surface area contributed by atoms with Gasteiger partial charge in [-0.3, -0.25) is 9.78 Å². The first-order chi connectivity index (χ1) is 15.5. The van der Waals surface area contributed by atoms with Crippen molar-refractivity contribution in [2.45, 2.75) is 32.6 Å².